The van der Waals surface area contributed by atoms with Crippen molar-refractivity contribution in [1.29, 1.82) is 0 Å². The van der Waals surface area contributed by atoms with Gasteiger partial charge in [-0.15, -0.1) is 0 Å². The monoisotopic (exact) mass is 345 g/mol. The van der Waals surface area contributed by atoms with Gasteiger partial charge in [0.2, 0.25) is 5.91 Å². The second-order valence-corrected chi connectivity index (χ2v) is 6.11. The van der Waals surface area contributed by atoms with Gasteiger partial charge >= 0.3 is 0 Å². The number of rotatable bonds is 7. The van der Waals surface area contributed by atoms with Crippen LogP contribution in [0, 0.1) is 0 Å². The molecule has 1 amide bonds. The minimum Gasteiger partial charge on any atom is -0.345 e. The van der Waals surface area contributed by atoms with E-state index in [9.17, 15) is 9.59 Å². The molecule has 0 radical (unpaired) electrons. The van der Waals surface area contributed by atoms with Crippen molar-refractivity contribution in [2.24, 2.45) is 5.73 Å². The van der Waals surface area contributed by atoms with Crippen LogP contribution in [0.4, 0.5) is 0 Å². The fourth-order valence-electron chi connectivity index (χ4n) is 2.30. The first-order valence-electron chi connectivity index (χ1n) is 7.65. The molecule has 0 bridgehead atoms. The number of benzene rings is 1. The molecule has 0 aliphatic heterocycles. The Morgan fingerprint density at radius 1 is 1.17 bits per heavy atom. The van der Waals surface area contributed by atoms with Crippen molar-refractivity contribution >= 4 is 23.3 Å². The highest BCUT2D eigenvalue weighted by atomic mass is 35.5. The van der Waals surface area contributed by atoms with E-state index in [1.54, 1.807) is 30.6 Å². The van der Waals surface area contributed by atoms with E-state index in [-0.39, 0.29) is 11.7 Å². The summed E-state index contributed by atoms with van der Waals surface area (Å²) in [5.74, 6) is -0.472. The Kier molecular flexibility index (Phi) is 6.46. The minimum atomic E-state index is -0.734. The van der Waals surface area contributed by atoms with Crippen LogP contribution in [-0.2, 0) is 22.4 Å². The average Bonchev–Trinajstić information content (AvgIpc) is 2.57. The molecule has 0 aliphatic carbocycles. The molecule has 0 saturated carbocycles. The zero-order chi connectivity index (χ0) is 17.5. The molecule has 0 saturated heterocycles. The SMILES string of the molecule is CC(=O)[C@H](Cc1cccnc1)NC(=O)[C@H](N)Cc1ccc(Cl)cc1. The smallest absolute Gasteiger partial charge is 0.237 e. The Balaban J connectivity index is 1.96. The Morgan fingerprint density at radius 2 is 1.88 bits per heavy atom. The number of aromatic nitrogens is 1. The van der Waals surface area contributed by atoms with Crippen molar-refractivity contribution < 1.29 is 9.59 Å². The van der Waals surface area contributed by atoms with E-state index in [2.05, 4.69) is 10.3 Å². The van der Waals surface area contributed by atoms with Crippen LogP contribution in [0.25, 0.3) is 0 Å². The van der Waals surface area contributed by atoms with Crippen molar-refractivity contribution in [3.63, 3.8) is 0 Å². The fourth-order valence-corrected chi connectivity index (χ4v) is 2.42. The van der Waals surface area contributed by atoms with Crippen LogP contribution in [0.1, 0.15) is 18.1 Å². The molecule has 1 heterocycles. The van der Waals surface area contributed by atoms with Gasteiger partial charge in [-0.25, -0.2) is 0 Å². The second-order valence-electron chi connectivity index (χ2n) is 5.67. The van der Waals surface area contributed by atoms with Gasteiger partial charge < -0.3 is 11.1 Å². The lowest BCUT2D eigenvalue weighted by Crippen LogP contribution is -2.49. The maximum atomic E-state index is 12.3. The van der Waals surface area contributed by atoms with Crippen molar-refractivity contribution in [3.05, 3.63) is 64.9 Å². The van der Waals surface area contributed by atoms with E-state index < -0.39 is 12.1 Å². The van der Waals surface area contributed by atoms with E-state index in [1.165, 1.54) is 6.92 Å². The summed E-state index contributed by atoms with van der Waals surface area (Å²) in [6, 6.07) is 9.47. The Bertz CT molecular complexity index is 689. The van der Waals surface area contributed by atoms with Gasteiger partial charge in [0.15, 0.2) is 5.78 Å². The van der Waals surface area contributed by atoms with Gasteiger partial charge in [0, 0.05) is 23.8 Å². The highest BCUT2D eigenvalue weighted by molar-refractivity contribution is 6.30. The molecule has 0 spiro atoms. The van der Waals surface area contributed by atoms with Gasteiger partial charge in [0.25, 0.3) is 0 Å². The first-order chi connectivity index (χ1) is 11.5. The largest absolute Gasteiger partial charge is 0.345 e. The van der Waals surface area contributed by atoms with Crippen LogP contribution in [0.5, 0.6) is 0 Å². The van der Waals surface area contributed by atoms with Crippen LogP contribution >= 0.6 is 11.6 Å². The van der Waals surface area contributed by atoms with Gasteiger partial charge in [0.05, 0.1) is 12.1 Å². The quantitative estimate of drug-likeness (QED) is 0.802. The summed E-state index contributed by atoms with van der Waals surface area (Å²) in [6.45, 7) is 1.45. The normalized spacial score (nSPS) is 13.1. The number of nitrogens with one attached hydrogen (secondary N) is 1. The van der Waals surface area contributed by atoms with Crippen molar-refractivity contribution in [2.45, 2.75) is 31.8 Å². The first kappa shape index (κ1) is 18.1. The summed E-state index contributed by atoms with van der Waals surface area (Å²) in [7, 11) is 0. The van der Waals surface area contributed by atoms with Crippen LogP contribution in [-0.4, -0.2) is 28.8 Å². The van der Waals surface area contributed by atoms with E-state index in [0.717, 1.165) is 11.1 Å². The van der Waals surface area contributed by atoms with Crippen molar-refractivity contribution in [3.8, 4) is 0 Å². The van der Waals surface area contributed by atoms with Crippen LogP contribution in [0.15, 0.2) is 48.8 Å². The number of carbonyl (C=O) groups is 2. The molecule has 2 rings (SSSR count). The predicted octanol–water partition coefficient (Wildman–Crippen LogP) is 1.92. The van der Waals surface area contributed by atoms with Gasteiger partial charge in [-0.05, 0) is 42.7 Å². The number of nitrogens with zero attached hydrogens (tertiary/aromatic N) is 1. The molecule has 0 fully saturated rings. The molecule has 126 valence electrons. The topological polar surface area (TPSA) is 85.1 Å². The van der Waals surface area contributed by atoms with Crippen LogP contribution < -0.4 is 11.1 Å². The molecule has 2 aromatic rings. The third-order valence-corrected chi connectivity index (χ3v) is 3.93. The number of hydrogen-bond donors (Lipinski definition) is 2. The van der Waals surface area contributed by atoms with E-state index in [4.69, 9.17) is 17.3 Å². The maximum Gasteiger partial charge on any atom is 0.237 e. The number of pyridine rings is 1. The lowest BCUT2D eigenvalue weighted by Gasteiger charge is -2.19. The van der Waals surface area contributed by atoms with Gasteiger partial charge in [0.1, 0.15) is 0 Å². The summed E-state index contributed by atoms with van der Waals surface area (Å²) in [5, 5.41) is 3.36. The fraction of sp³-hybridized carbons (Fsp3) is 0.278. The minimum absolute atomic E-state index is 0.120. The van der Waals surface area contributed by atoms with E-state index in [0.29, 0.717) is 17.9 Å². The molecule has 0 unspecified atom stereocenters. The predicted molar refractivity (Wildman–Crippen MR) is 93.7 cm³/mol. The molecular formula is C18H20ClN3O2. The number of Topliss-reactive ketones (excluding diaryl/α,β-unsaturated/α-hetero) is 1. The Morgan fingerprint density at radius 3 is 2.46 bits per heavy atom. The molecule has 3 N–H and O–H groups in total. The van der Waals surface area contributed by atoms with Crippen molar-refractivity contribution in [2.75, 3.05) is 0 Å². The highest BCUT2D eigenvalue weighted by Gasteiger charge is 2.21. The molecule has 0 aliphatic rings. The zero-order valence-corrected chi connectivity index (χ0v) is 14.2. The second kappa shape index (κ2) is 8.57. The summed E-state index contributed by atoms with van der Waals surface area (Å²) in [5.41, 5.74) is 7.75. The number of ketones is 1. The highest BCUT2D eigenvalue weighted by Crippen LogP contribution is 2.11. The average molecular weight is 346 g/mol. The molecule has 6 heteroatoms. The standard InChI is InChI=1S/C18H20ClN3O2/c1-12(23)17(10-14-3-2-8-21-11-14)22-18(24)16(20)9-13-4-6-15(19)7-5-13/h2-8,11,16-17H,9-10,20H2,1H3,(H,22,24)/t16-,17+/m1/s1. The number of carbonyl (C=O) groups excluding carboxylic acids is 2. The third kappa shape index (κ3) is 5.44. The number of hydrogen-bond acceptors (Lipinski definition) is 4. The van der Waals surface area contributed by atoms with Gasteiger partial charge in [-0.1, -0.05) is 29.8 Å². The van der Waals surface area contributed by atoms with Crippen molar-refractivity contribution in [1.82, 2.24) is 10.3 Å². The third-order valence-electron chi connectivity index (χ3n) is 3.68. The Labute approximate surface area is 146 Å². The summed E-state index contributed by atoms with van der Waals surface area (Å²) in [4.78, 5) is 28.1. The molecule has 1 aromatic heterocycles. The molecule has 1 aromatic carbocycles. The van der Waals surface area contributed by atoms with Gasteiger partial charge in [-0.2, -0.15) is 0 Å². The van der Waals surface area contributed by atoms with Crippen LogP contribution in [0.2, 0.25) is 5.02 Å². The molecule has 5 nitrogen and oxygen atoms in total. The number of amides is 1. The van der Waals surface area contributed by atoms with E-state index >= 15 is 0 Å². The van der Waals surface area contributed by atoms with Crippen LogP contribution in [0.3, 0.4) is 0 Å². The molecule has 2 atom stereocenters. The Hall–Kier alpha value is -2.24. The summed E-state index contributed by atoms with van der Waals surface area (Å²) in [6.07, 6.45) is 4.10. The number of nitrogens with two attached hydrogens (primary N) is 1. The lowest BCUT2D eigenvalue weighted by atomic mass is 10.0. The molecular weight excluding hydrogens is 326 g/mol. The lowest BCUT2D eigenvalue weighted by molar-refractivity contribution is -0.127. The summed E-state index contributed by atoms with van der Waals surface area (Å²) >= 11 is 5.84. The first-order valence-corrected chi connectivity index (χ1v) is 8.03. The van der Waals surface area contributed by atoms with E-state index in [1.807, 2.05) is 18.2 Å². The maximum absolute atomic E-state index is 12.3. The van der Waals surface area contributed by atoms with Gasteiger partial charge in [-0.3, -0.25) is 14.6 Å². The number of halogens is 1. The molecule has 24 heavy (non-hydrogen) atoms. The zero-order valence-electron chi connectivity index (χ0n) is 13.4. The summed E-state index contributed by atoms with van der Waals surface area (Å²) < 4.78 is 0.